The van der Waals surface area contributed by atoms with E-state index in [1.54, 1.807) is 12.1 Å². The lowest BCUT2D eigenvalue weighted by Crippen LogP contribution is -2.35. The van der Waals surface area contributed by atoms with Crippen molar-refractivity contribution in [2.24, 2.45) is 5.92 Å². The lowest BCUT2D eigenvalue weighted by atomic mass is 10.0. The average molecular weight is 302 g/mol. The van der Waals surface area contributed by atoms with Gasteiger partial charge in [-0.15, -0.1) is 0 Å². The summed E-state index contributed by atoms with van der Waals surface area (Å²) in [4.78, 5) is 11.9. The monoisotopic (exact) mass is 301 g/mol. The van der Waals surface area contributed by atoms with Crippen molar-refractivity contribution in [3.05, 3.63) is 34.9 Å². The topological polar surface area (TPSA) is 63.2 Å². The number of amides is 1. The van der Waals surface area contributed by atoms with E-state index in [1.807, 2.05) is 12.1 Å². The predicted molar refractivity (Wildman–Crippen MR) is 74.7 cm³/mol. The van der Waals surface area contributed by atoms with Gasteiger partial charge in [0.05, 0.1) is 11.5 Å². The Labute approximate surface area is 118 Å². The molecule has 0 spiro atoms. The SMILES string of the molecule is O=C(NCc1ccc(Cl)cc1)C1CCS(=O)(=O)CC1. The molecule has 1 fully saturated rings. The quantitative estimate of drug-likeness (QED) is 0.925. The largest absolute Gasteiger partial charge is 0.352 e. The lowest BCUT2D eigenvalue weighted by Gasteiger charge is -2.21. The van der Waals surface area contributed by atoms with Crippen LogP contribution in [0.15, 0.2) is 24.3 Å². The minimum Gasteiger partial charge on any atom is -0.352 e. The molecule has 0 aliphatic carbocycles. The van der Waals surface area contributed by atoms with Crippen molar-refractivity contribution in [3.8, 4) is 0 Å². The molecule has 0 bridgehead atoms. The molecule has 1 aromatic rings. The molecule has 0 saturated carbocycles. The van der Waals surface area contributed by atoms with Gasteiger partial charge in [0.1, 0.15) is 9.84 Å². The second-order valence-corrected chi connectivity index (χ2v) is 7.51. The number of hydrogen-bond donors (Lipinski definition) is 1. The number of hydrogen-bond acceptors (Lipinski definition) is 3. The number of carbonyl (C=O) groups excluding carboxylic acids is 1. The first-order valence-corrected chi connectivity index (χ1v) is 8.39. The third kappa shape index (κ3) is 4.21. The zero-order chi connectivity index (χ0) is 13.9. The van der Waals surface area contributed by atoms with Gasteiger partial charge in [0.25, 0.3) is 0 Å². The normalized spacial score (nSPS) is 19.0. The number of halogens is 1. The van der Waals surface area contributed by atoms with Crippen LogP contribution in [0.4, 0.5) is 0 Å². The fourth-order valence-corrected chi connectivity index (χ4v) is 3.71. The van der Waals surface area contributed by atoms with Crippen LogP contribution in [0, 0.1) is 5.92 Å². The molecule has 0 aromatic heterocycles. The molecular weight excluding hydrogens is 286 g/mol. The molecular formula is C13H16ClNO3S. The molecule has 2 rings (SSSR count). The summed E-state index contributed by atoms with van der Waals surface area (Å²) in [6.07, 6.45) is 0.851. The molecule has 0 unspecified atom stereocenters. The zero-order valence-corrected chi connectivity index (χ0v) is 12.0. The van der Waals surface area contributed by atoms with Crippen LogP contribution < -0.4 is 5.32 Å². The maximum Gasteiger partial charge on any atom is 0.223 e. The third-order valence-corrected chi connectivity index (χ3v) is 5.27. The zero-order valence-electron chi connectivity index (χ0n) is 10.4. The van der Waals surface area contributed by atoms with Gasteiger partial charge in [-0.2, -0.15) is 0 Å². The standard InChI is InChI=1S/C13H16ClNO3S/c14-12-3-1-10(2-4-12)9-15-13(16)11-5-7-19(17,18)8-6-11/h1-4,11H,5-9H2,(H,15,16). The fourth-order valence-electron chi connectivity index (χ4n) is 2.09. The number of carbonyl (C=O) groups is 1. The molecule has 1 heterocycles. The van der Waals surface area contributed by atoms with Crippen LogP contribution in [0.25, 0.3) is 0 Å². The van der Waals surface area contributed by atoms with Gasteiger partial charge >= 0.3 is 0 Å². The van der Waals surface area contributed by atoms with E-state index in [2.05, 4.69) is 5.32 Å². The van der Waals surface area contributed by atoms with Crippen molar-refractivity contribution in [1.29, 1.82) is 0 Å². The van der Waals surface area contributed by atoms with Crippen molar-refractivity contribution < 1.29 is 13.2 Å². The Kier molecular flexibility index (Phi) is 4.47. The second kappa shape index (κ2) is 5.92. The Balaban J connectivity index is 1.83. The molecule has 19 heavy (non-hydrogen) atoms. The Morgan fingerprint density at radius 3 is 2.37 bits per heavy atom. The van der Waals surface area contributed by atoms with Gasteiger partial charge in [0.15, 0.2) is 0 Å². The first kappa shape index (κ1) is 14.3. The minimum absolute atomic E-state index is 0.0650. The number of benzene rings is 1. The smallest absolute Gasteiger partial charge is 0.223 e. The summed E-state index contributed by atoms with van der Waals surface area (Å²) in [7, 11) is -2.92. The Morgan fingerprint density at radius 2 is 1.79 bits per heavy atom. The van der Waals surface area contributed by atoms with Gasteiger partial charge in [-0.25, -0.2) is 8.42 Å². The van der Waals surface area contributed by atoms with E-state index < -0.39 is 9.84 Å². The summed E-state index contributed by atoms with van der Waals surface area (Å²) in [5.74, 6) is -0.0152. The molecule has 1 N–H and O–H groups in total. The van der Waals surface area contributed by atoms with Crippen molar-refractivity contribution >= 4 is 27.3 Å². The van der Waals surface area contributed by atoms with E-state index in [0.717, 1.165) is 5.56 Å². The van der Waals surface area contributed by atoms with E-state index in [9.17, 15) is 13.2 Å². The summed E-state index contributed by atoms with van der Waals surface area (Å²) >= 11 is 5.78. The van der Waals surface area contributed by atoms with Gasteiger partial charge in [0.2, 0.25) is 5.91 Å². The Bertz CT molecular complexity index is 540. The van der Waals surface area contributed by atoms with E-state index in [1.165, 1.54) is 0 Å². The van der Waals surface area contributed by atoms with Gasteiger partial charge in [0, 0.05) is 17.5 Å². The first-order valence-electron chi connectivity index (χ1n) is 6.19. The van der Waals surface area contributed by atoms with Crippen LogP contribution in [0.3, 0.4) is 0 Å². The maximum absolute atomic E-state index is 11.9. The number of sulfone groups is 1. The molecule has 1 saturated heterocycles. The molecule has 104 valence electrons. The highest BCUT2D eigenvalue weighted by Crippen LogP contribution is 2.19. The van der Waals surface area contributed by atoms with Crippen LogP contribution in [0.1, 0.15) is 18.4 Å². The highest BCUT2D eigenvalue weighted by atomic mass is 35.5. The summed E-state index contributed by atoms with van der Waals surface area (Å²) < 4.78 is 22.6. The lowest BCUT2D eigenvalue weighted by molar-refractivity contribution is -0.125. The molecule has 1 aliphatic heterocycles. The number of rotatable bonds is 3. The van der Waals surface area contributed by atoms with Crippen LogP contribution in [0.2, 0.25) is 5.02 Å². The average Bonchev–Trinajstić information content (AvgIpc) is 2.37. The fraction of sp³-hybridized carbons (Fsp3) is 0.462. The van der Waals surface area contributed by atoms with E-state index in [0.29, 0.717) is 24.4 Å². The molecule has 0 radical (unpaired) electrons. The molecule has 1 aliphatic rings. The van der Waals surface area contributed by atoms with Crippen molar-refractivity contribution in [3.63, 3.8) is 0 Å². The van der Waals surface area contributed by atoms with Crippen LogP contribution in [-0.2, 0) is 21.2 Å². The molecule has 1 aromatic carbocycles. The first-order chi connectivity index (χ1) is 8.96. The Morgan fingerprint density at radius 1 is 1.21 bits per heavy atom. The maximum atomic E-state index is 11.9. The van der Waals surface area contributed by atoms with Crippen LogP contribution >= 0.6 is 11.6 Å². The van der Waals surface area contributed by atoms with E-state index >= 15 is 0 Å². The van der Waals surface area contributed by atoms with Gasteiger partial charge in [-0.05, 0) is 30.5 Å². The van der Waals surface area contributed by atoms with E-state index in [-0.39, 0.29) is 23.3 Å². The summed E-state index contributed by atoms with van der Waals surface area (Å²) in [6, 6.07) is 7.26. The van der Waals surface area contributed by atoms with Crippen molar-refractivity contribution in [1.82, 2.24) is 5.32 Å². The van der Waals surface area contributed by atoms with Crippen LogP contribution in [0.5, 0.6) is 0 Å². The van der Waals surface area contributed by atoms with Gasteiger partial charge in [-0.1, -0.05) is 23.7 Å². The molecule has 1 amide bonds. The highest BCUT2D eigenvalue weighted by molar-refractivity contribution is 7.91. The predicted octanol–water partition coefficient (Wildman–Crippen LogP) is 1.78. The summed E-state index contributed by atoms with van der Waals surface area (Å²) in [5.41, 5.74) is 0.973. The van der Waals surface area contributed by atoms with Crippen molar-refractivity contribution in [2.75, 3.05) is 11.5 Å². The third-order valence-electron chi connectivity index (χ3n) is 3.31. The Hall–Kier alpha value is -1.07. The van der Waals surface area contributed by atoms with Crippen LogP contribution in [-0.4, -0.2) is 25.8 Å². The molecule has 4 nitrogen and oxygen atoms in total. The molecule has 6 heteroatoms. The number of nitrogens with one attached hydrogen (secondary N) is 1. The minimum atomic E-state index is -2.92. The van der Waals surface area contributed by atoms with Gasteiger partial charge < -0.3 is 5.32 Å². The second-order valence-electron chi connectivity index (χ2n) is 4.77. The van der Waals surface area contributed by atoms with E-state index in [4.69, 9.17) is 11.6 Å². The summed E-state index contributed by atoms with van der Waals surface area (Å²) in [6.45, 7) is 0.444. The highest BCUT2D eigenvalue weighted by Gasteiger charge is 2.28. The molecule has 0 atom stereocenters. The van der Waals surface area contributed by atoms with Crippen molar-refractivity contribution in [2.45, 2.75) is 19.4 Å². The van der Waals surface area contributed by atoms with Gasteiger partial charge in [-0.3, -0.25) is 4.79 Å². The summed E-state index contributed by atoms with van der Waals surface area (Å²) in [5, 5.41) is 3.50.